The van der Waals surface area contributed by atoms with Crippen LogP contribution in [0.25, 0.3) is 49.0 Å². The van der Waals surface area contributed by atoms with Gasteiger partial charge in [0, 0.05) is 25.1 Å². The fourth-order valence-corrected chi connectivity index (χ4v) is 5.55. The Balaban J connectivity index is 1.97. The summed E-state index contributed by atoms with van der Waals surface area (Å²) >= 11 is 0. The van der Waals surface area contributed by atoms with Crippen molar-refractivity contribution in [1.82, 2.24) is 4.40 Å². The Morgan fingerprint density at radius 2 is 1.72 bits per heavy atom. The van der Waals surface area contributed by atoms with Crippen molar-refractivity contribution in [1.29, 1.82) is 0 Å². The summed E-state index contributed by atoms with van der Waals surface area (Å²) in [5.41, 5.74) is 5.39. The molecule has 0 saturated heterocycles. The van der Waals surface area contributed by atoms with Crippen molar-refractivity contribution in [3.63, 3.8) is 0 Å². The summed E-state index contributed by atoms with van der Waals surface area (Å²) in [5, 5.41) is 4.85. The molecule has 0 amide bonds. The Labute approximate surface area is 197 Å². The molecule has 0 bridgehead atoms. The van der Waals surface area contributed by atoms with Crippen molar-refractivity contribution in [3.05, 3.63) is 70.9 Å². The van der Waals surface area contributed by atoms with Gasteiger partial charge in [-0.1, -0.05) is 45.0 Å². The number of pyridine rings is 2. The lowest BCUT2D eigenvalue weighted by Crippen LogP contribution is -2.29. The molecule has 0 N–H and O–H groups in total. The zero-order chi connectivity index (χ0) is 27.5. The molecule has 0 unspecified atom stereocenters. The van der Waals surface area contributed by atoms with Gasteiger partial charge in [0.05, 0.1) is 27.3 Å². The molecule has 0 aliphatic rings. The summed E-state index contributed by atoms with van der Waals surface area (Å²) in [6.07, 6.45) is 2.88. The van der Waals surface area contributed by atoms with Gasteiger partial charge >= 0.3 is 0 Å². The maximum atomic E-state index is 8.48. The molecule has 2 heteroatoms. The fraction of sp³-hybridized carbons (Fsp3) is 0.300. The minimum atomic E-state index is -2.51. The van der Waals surface area contributed by atoms with Crippen LogP contribution >= 0.6 is 0 Å². The molecule has 0 spiro atoms. The minimum Gasteiger partial charge on any atom is -0.307 e. The van der Waals surface area contributed by atoms with Crippen LogP contribution in [0.5, 0.6) is 0 Å². The third-order valence-corrected chi connectivity index (χ3v) is 6.85. The van der Waals surface area contributed by atoms with E-state index in [1.807, 2.05) is 17.8 Å². The van der Waals surface area contributed by atoms with Crippen LogP contribution in [0.2, 0.25) is 0 Å². The molecule has 0 aliphatic carbocycles. The molecule has 0 saturated carbocycles. The molecular weight excluding hydrogens is 388 g/mol. The maximum absolute atomic E-state index is 8.48. The number of rotatable bonds is 1. The van der Waals surface area contributed by atoms with Crippen LogP contribution in [0.1, 0.15) is 51.2 Å². The van der Waals surface area contributed by atoms with Crippen molar-refractivity contribution in [2.24, 2.45) is 12.5 Å². The van der Waals surface area contributed by atoms with Gasteiger partial charge in [0.1, 0.15) is 7.05 Å². The van der Waals surface area contributed by atoms with Gasteiger partial charge in [0.2, 0.25) is 5.52 Å². The Bertz CT molecular complexity index is 1920. The van der Waals surface area contributed by atoms with E-state index in [0.29, 0.717) is 16.5 Å². The zero-order valence-corrected chi connectivity index (χ0v) is 19.2. The average molecular weight is 426 g/mol. The van der Waals surface area contributed by atoms with Crippen LogP contribution < -0.4 is 4.57 Å². The second kappa shape index (κ2) is 6.22. The van der Waals surface area contributed by atoms with E-state index in [-0.39, 0.29) is 16.5 Å². The van der Waals surface area contributed by atoms with Crippen molar-refractivity contribution in [2.45, 2.75) is 47.8 Å². The smallest absolute Gasteiger partial charge is 0.224 e. The molecule has 0 aliphatic heterocycles. The first-order valence-corrected chi connectivity index (χ1v) is 11.2. The third kappa shape index (κ3) is 2.50. The molecule has 0 radical (unpaired) electrons. The van der Waals surface area contributed by atoms with E-state index < -0.39 is 13.7 Å². The van der Waals surface area contributed by atoms with Crippen molar-refractivity contribution < 1.29 is 12.8 Å². The summed E-state index contributed by atoms with van der Waals surface area (Å²) < 4.78 is 54.2. The topological polar surface area (TPSA) is 8.29 Å². The normalized spacial score (nSPS) is 16.5. The van der Waals surface area contributed by atoms with E-state index in [2.05, 4.69) is 61.6 Å². The van der Waals surface area contributed by atoms with Gasteiger partial charge in [0.15, 0.2) is 6.20 Å². The molecule has 160 valence electrons. The highest BCUT2D eigenvalue weighted by molar-refractivity contribution is 6.27. The number of aryl methyl sites for hydroxylation is 4. The van der Waals surface area contributed by atoms with Crippen LogP contribution in [0.15, 0.2) is 48.7 Å². The summed E-state index contributed by atoms with van der Waals surface area (Å²) in [6.45, 7) is 3.51. The largest absolute Gasteiger partial charge is 0.307 e. The van der Waals surface area contributed by atoms with E-state index in [9.17, 15) is 0 Å². The second-order valence-electron chi connectivity index (χ2n) is 10.4. The Kier molecular flexibility index (Phi) is 2.74. The van der Waals surface area contributed by atoms with Crippen LogP contribution in [0, 0.1) is 26.0 Å². The van der Waals surface area contributed by atoms with Crippen LogP contribution in [-0.4, -0.2) is 4.40 Å². The number of aromatic nitrogens is 2. The fourth-order valence-electron chi connectivity index (χ4n) is 5.55. The number of benzene rings is 3. The highest BCUT2D eigenvalue weighted by Crippen LogP contribution is 2.42. The molecule has 2 nitrogen and oxygen atoms in total. The maximum Gasteiger partial charge on any atom is 0.224 e. The summed E-state index contributed by atoms with van der Waals surface area (Å²) in [7, 11) is 1.94. The Hall–Kier alpha value is -3.13. The Morgan fingerprint density at radius 1 is 0.906 bits per heavy atom. The molecule has 3 aromatic heterocycles. The van der Waals surface area contributed by atoms with E-state index in [1.54, 1.807) is 6.92 Å². The van der Waals surface area contributed by atoms with E-state index >= 15 is 0 Å². The van der Waals surface area contributed by atoms with E-state index in [0.717, 1.165) is 44.5 Å². The lowest BCUT2D eigenvalue weighted by atomic mass is 9.88. The van der Waals surface area contributed by atoms with Gasteiger partial charge in [0.25, 0.3) is 0 Å². The second-order valence-corrected chi connectivity index (χ2v) is 10.4. The summed E-state index contributed by atoms with van der Waals surface area (Å²) in [4.78, 5) is 0. The minimum absolute atomic E-state index is 0.0632. The van der Waals surface area contributed by atoms with Crippen LogP contribution in [0.3, 0.4) is 0 Å². The van der Waals surface area contributed by atoms with Crippen LogP contribution in [-0.2, 0) is 13.5 Å². The highest BCUT2D eigenvalue weighted by atomic mass is 15.0. The number of hydrogen-bond donors (Lipinski definition) is 0. The van der Waals surface area contributed by atoms with Crippen molar-refractivity contribution in [2.75, 3.05) is 0 Å². The number of hydrogen-bond acceptors (Lipinski definition) is 0. The average Bonchev–Trinajstić information content (AvgIpc) is 3.11. The number of fused-ring (bicyclic) bond motifs is 6. The molecule has 6 aromatic rings. The first-order valence-electron chi connectivity index (χ1n) is 14.2. The Morgan fingerprint density at radius 3 is 2.47 bits per heavy atom. The van der Waals surface area contributed by atoms with Gasteiger partial charge in [-0.2, -0.15) is 0 Å². The van der Waals surface area contributed by atoms with Crippen molar-refractivity contribution >= 4 is 49.0 Å². The molecule has 0 fully saturated rings. The summed E-state index contributed by atoms with van der Waals surface area (Å²) in [5.74, 6) is 0. The molecule has 3 heterocycles. The lowest BCUT2D eigenvalue weighted by molar-refractivity contribution is -0.643. The predicted molar refractivity (Wildman–Crippen MR) is 137 cm³/mol. The first-order chi connectivity index (χ1) is 17.6. The predicted octanol–water partition coefficient (Wildman–Crippen LogP) is 7.33. The van der Waals surface area contributed by atoms with Crippen molar-refractivity contribution in [3.8, 4) is 0 Å². The molecule has 32 heavy (non-hydrogen) atoms. The van der Waals surface area contributed by atoms with E-state index in [4.69, 9.17) is 8.22 Å². The van der Waals surface area contributed by atoms with Crippen LogP contribution in [0.4, 0.5) is 0 Å². The molecule has 0 atom stereocenters. The standard InChI is InChI=1S/C30H31N2/c1-17-14-18(2)27-25(19(17)3)29-26-21(12-13-31(29)7)9-10-22-23-15-20(16-30(4,5)6)8-11-24(23)32(27)28(22)26/h8-15H,16H2,1-7H3/q+1/i1D3,2D3. The van der Waals surface area contributed by atoms with Gasteiger partial charge in [-0.25, -0.2) is 4.57 Å². The van der Waals surface area contributed by atoms with E-state index in [1.165, 1.54) is 11.6 Å². The van der Waals surface area contributed by atoms with Gasteiger partial charge in [-0.05, 0) is 72.2 Å². The van der Waals surface area contributed by atoms with Gasteiger partial charge < -0.3 is 4.40 Å². The molecular formula is C30H31N2+. The lowest BCUT2D eigenvalue weighted by Gasteiger charge is -2.18. The molecule has 3 aromatic carbocycles. The first kappa shape index (κ1) is 14.1. The quantitative estimate of drug-likeness (QED) is 0.148. The van der Waals surface area contributed by atoms with Gasteiger partial charge in [-0.3, -0.25) is 0 Å². The zero-order valence-electron chi connectivity index (χ0n) is 25.2. The van der Waals surface area contributed by atoms with Gasteiger partial charge in [-0.15, -0.1) is 0 Å². The third-order valence-electron chi connectivity index (χ3n) is 6.85. The molecule has 6 rings (SSSR count). The summed E-state index contributed by atoms with van der Waals surface area (Å²) in [6, 6.07) is 14.2. The highest BCUT2D eigenvalue weighted by Gasteiger charge is 2.25. The number of nitrogens with zero attached hydrogens (tertiary/aromatic N) is 2. The monoisotopic (exact) mass is 425 g/mol. The SMILES string of the molecule is [2H]C([2H])([2H])c1cc(C([2H])([2H])[2H])c2c(c1C)c1c3c(ccc4c5cc(CC(C)(C)C)ccc5n2c43)cc[n+]1C.